The van der Waals surface area contributed by atoms with Gasteiger partial charge in [0.1, 0.15) is 24.2 Å². The first-order valence-electron chi connectivity index (χ1n) is 4.77. The van der Waals surface area contributed by atoms with Crippen molar-refractivity contribution in [1.29, 1.82) is 0 Å². The average Bonchev–Trinajstić information content (AvgIpc) is 2.75. The van der Waals surface area contributed by atoms with Gasteiger partial charge in [-0.1, -0.05) is 0 Å². The van der Waals surface area contributed by atoms with Crippen LogP contribution < -0.4 is 5.32 Å². The predicted molar refractivity (Wildman–Crippen MR) is 51.6 cm³/mol. The molecular formula is C9H15N2OS+. The molecule has 1 atom stereocenters. The van der Waals surface area contributed by atoms with Crippen LogP contribution in [0.25, 0.3) is 0 Å². The number of nitrogens with two attached hydrogens (primary N) is 1. The molecule has 1 aromatic heterocycles. The van der Waals surface area contributed by atoms with Crippen molar-refractivity contribution in [1.82, 2.24) is 4.98 Å². The van der Waals surface area contributed by atoms with Gasteiger partial charge in [-0.25, -0.2) is 4.98 Å². The highest BCUT2D eigenvalue weighted by Crippen LogP contribution is 2.09. The summed E-state index contributed by atoms with van der Waals surface area (Å²) in [7, 11) is 0. The van der Waals surface area contributed by atoms with Crippen LogP contribution in [-0.4, -0.2) is 24.2 Å². The van der Waals surface area contributed by atoms with Gasteiger partial charge in [-0.15, -0.1) is 11.3 Å². The first kappa shape index (κ1) is 9.12. The molecule has 0 saturated carbocycles. The van der Waals surface area contributed by atoms with E-state index >= 15 is 0 Å². The van der Waals surface area contributed by atoms with Crippen LogP contribution in [0, 0.1) is 0 Å². The van der Waals surface area contributed by atoms with Crippen molar-refractivity contribution in [3.63, 3.8) is 0 Å². The average molecular weight is 199 g/mol. The van der Waals surface area contributed by atoms with E-state index in [-0.39, 0.29) is 0 Å². The van der Waals surface area contributed by atoms with E-state index in [0.29, 0.717) is 6.10 Å². The quantitative estimate of drug-likeness (QED) is 0.761. The molecule has 1 aliphatic rings. The van der Waals surface area contributed by atoms with E-state index in [1.807, 2.05) is 11.6 Å². The molecule has 1 aromatic rings. The number of quaternary nitrogens is 1. The van der Waals surface area contributed by atoms with Crippen LogP contribution in [0.4, 0.5) is 0 Å². The van der Waals surface area contributed by atoms with E-state index in [4.69, 9.17) is 4.74 Å². The van der Waals surface area contributed by atoms with Gasteiger partial charge in [0.25, 0.3) is 0 Å². The van der Waals surface area contributed by atoms with E-state index in [1.54, 1.807) is 11.3 Å². The molecule has 0 spiro atoms. The van der Waals surface area contributed by atoms with E-state index in [9.17, 15) is 0 Å². The summed E-state index contributed by atoms with van der Waals surface area (Å²) >= 11 is 1.72. The molecule has 0 bridgehead atoms. The summed E-state index contributed by atoms with van der Waals surface area (Å²) in [6.07, 6.45) is 4.81. The van der Waals surface area contributed by atoms with Crippen LogP contribution in [0.15, 0.2) is 11.6 Å². The van der Waals surface area contributed by atoms with E-state index in [2.05, 4.69) is 10.3 Å². The summed E-state index contributed by atoms with van der Waals surface area (Å²) in [6.45, 7) is 3.03. The summed E-state index contributed by atoms with van der Waals surface area (Å²) in [4.78, 5) is 4.23. The van der Waals surface area contributed by atoms with Crippen LogP contribution in [0.5, 0.6) is 0 Å². The lowest BCUT2D eigenvalue weighted by Crippen LogP contribution is -2.84. The molecule has 1 saturated heterocycles. The van der Waals surface area contributed by atoms with Gasteiger partial charge in [-0.2, -0.15) is 0 Å². The smallest absolute Gasteiger partial charge is 0.147 e. The molecule has 4 heteroatoms. The molecule has 3 nitrogen and oxygen atoms in total. The van der Waals surface area contributed by atoms with Gasteiger partial charge in [-0.05, 0) is 12.8 Å². The molecule has 1 fully saturated rings. The summed E-state index contributed by atoms with van der Waals surface area (Å²) < 4.78 is 5.52. The Morgan fingerprint density at radius 1 is 1.69 bits per heavy atom. The number of hydrogen-bond acceptors (Lipinski definition) is 3. The first-order chi connectivity index (χ1) is 6.45. The topological polar surface area (TPSA) is 38.7 Å². The zero-order valence-electron chi connectivity index (χ0n) is 7.61. The third kappa shape index (κ3) is 2.76. The van der Waals surface area contributed by atoms with Gasteiger partial charge in [0.15, 0.2) is 0 Å². The van der Waals surface area contributed by atoms with Gasteiger partial charge < -0.3 is 10.1 Å². The summed E-state index contributed by atoms with van der Waals surface area (Å²) in [5.74, 6) is 0. The zero-order chi connectivity index (χ0) is 8.93. The molecule has 0 unspecified atom stereocenters. The van der Waals surface area contributed by atoms with Crippen molar-refractivity contribution < 1.29 is 10.1 Å². The summed E-state index contributed by atoms with van der Waals surface area (Å²) in [5, 5.41) is 5.52. The zero-order valence-corrected chi connectivity index (χ0v) is 8.43. The maximum absolute atomic E-state index is 5.52. The second kappa shape index (κ2) is 4.69. The third-order valence-corrected chi connectivity index (χ3v) is 3.06. The van der Waals surface area contributed by atoms with Gasteiger partial charge >= 0.3 is 0 Å². The first-order valence-corrected chi connectivity index (χ1v) is 5.65. The van der Waals surface area contributed by atoms with Crippen molar-refractivity contribution in [2.75, 3.05) is 13.2 Å². The van der Waals surface area contributed by atoms with Gasteiger partial charge in [0.05, 0.1) is 0 Å². The Kier molecular flexibility index (Phi) is 3.29. The fourth-order valence-corrected chi connectivity index (χ4v) is 2.19. The largest absolute Gasteiger partial charge is 0.372 e. The summed E-state index contributed by atoms with van der Waals surface area (Å²) in [5.41, 5.74) is 0. The second-order valence-corrected chi connectivity index (χ2v) is 4.27. The molecule has 2 heterocycles. The third-order valence-electron chi connectivity index (χ3n) is 2.26. The lowest BCUT2D eigenvalue weighted by molar-refractivity contribution is -0.676. The van der Waals surface area contributed by atoms with Crippen LogP contribution in [-0.2, 0) is 11.3 Å². The number of nitrogens with zero attached hydrogens (tertiary/aromatic N) is 1. The number of ether oxygens (including phenoxy) is 1. The van der Waals surface area contributed by atoms with Crippen LogP contribution in [0.1, 0.15) is 17.8 Å². The van der Waals surface area contributed by atoms with Crippen molar-refractivity contribution in [3.8, 4) is 0 Å². The van der Waals surface area contributed by atoms with Crippen LogP contribution >= 0.6 is 11.3 Å². The summed E-state index contributed by atoms with van der Waals surface area (Å²) in [6, 6.07) is 0. The molecule has 2 rings (SSSR count). The Labute approximate surface area is 82.1 Å². The van der Waals surface area contributed by atoms with Crippen molar-refractivity contribution in [2.45, 2.75) is 25.5 Å². The Morgan fingerprint density at radius 2 is 2.69 bits per heavy atom. The highest BCUT2D eigenvalue weighted by Gasteiger charge is 2.16. The SMILES string of the molecule is c1csc(C[NH2+]C[C@H]2CCCO2)n1. The second-order valence-electron chi connectivity index (χ2n) is 3.29. The van der Waals surface area contributed by atoms with Gasteiger partial charge in [0, 0.05) is 18.2 Å². The van der Waals surface area contributed by atoms with Crippen LogP contribution in [0.2, 0.25) is 0 Å². The van der Waals surface area contributed by atoms with Crippen molar-refractivity contribution in [3.05, 3.63) is 16.6 Å². The Morgan fingerprint density at radius 3 is 3.38 bits per heavy atom. The van der Waals surface area contributed by atoms with Crippen molar-refractivity contribution >= 4 is 11.3 Å². The van der Waals surface area contributed by atoms with E-state index in [1.165, 1.54) is 17.8 Å². The fourth-order valence-electron chi connectivity index (χ4n) is 1.58. The lowest BCUT2D eigenvalue weighted by Gasteiger charge is -2.06. The molecule has 13 heavy (non-hydrogen) atoms. The molecule has 72 valence electrons. The fraction of sp³-hybridized carbons (Fsp3) is 0.667. The molecule has 0 aromatic carbocycles. The maximum Gasteiger partial charge on any atom is 0.147 e. The van der Waals surface area contributed by atoms with E-state index < -0.39 is 0 Å². The number of thiazole rings is 1. The molecule has 2 N–H and O–H groups in total. The highest BCUT2D eigenvalue weighted by molar-refractivity contribution is 7.09. The molecule has 0 amide bonds. The minimum Gasteiger partial charge on any atom is -0.372 e. The Balaban J connectivity index is 1.63. The molecule has 0 radical (unpaired) electrons. The standard InChI is InChI=1S/C9H14N2OS/c1-2-8(12-4-1)6-10-7-9-11-3-5-13-9/h3,5,8,10H,1-2,4,6-7H2/p+1/t8-/m1/s1. The molecule has 0 aliphatic carbocycles. The number of aromatic nitrogens is 1. The van der Waals surface area contributed by atoms with Crippen LogP contribution in [0.3, 0.4) is 0 Å². The lowest BCUT2D eigenvalue weighted by atomic mass is 10.2. The monoisotopic (exact) mass is 199 g/mol. The normalized spacial score (nSPS) is 22.3. The number of hydrogen-bond donors (Lipinski definition) is 1. The minimum atomic E-state index is 0.486. The van der Waals surface area contributed by atoms with E-state index in [0.717, 1.165) is 19.7 Å². The van der Waals surface area contributed by atoms with Gasteiger partial charge in [-0.3, -0.25) is 0 Å². The Bertz CT molecular complexity index is 232. The minimum absolute atomic E-state index is 0.486. The Hall–Kier alpha value is -0.450. The maximum atomic E-state index is 5.52. The van der Waals surface area contributed by atoms with Crippen molar-refractivity contribution in [2.24, 2.45) is 0 Å². The molecular weight excluding hydrogens is 184 g/mol. The predicted octanol–water partition coefficient (Wildman–Crippen LogP) is 0.385. The molecule has 1 aliphatic heterocycles. The highest BCUT2D eigenvalue weighted by atomic mass is 32.1. The number of rotatable bonds is 4. The van der Waals surface area contributed by atoms with Gasteiger partial charge in [0.2, 0.25) is 0 Å².